The third kappa shape index (κ3) is 3.38. The van der Waals surface area contributed by atoms with Gasteiger partial charge in [0.15, 0.2) is 0 Å². The van der Waals surface area contributed by atoms with E-state index in [1.54, 1.807) is 0 Å². The second-order valence-electron chi connectivity index (χ2n) is 4.58. The first-order valence-electron chi connectivity index (χ1n) is 5.88. The van der Waals surface area contributed by atoms with Crippen molar-refractivity contribution >= 4 is 6.03 Å². The highest BCUT2D eigenvalue weighted by molar-refractivity contribution is 5.75. The van der Waals surface area contributed by atoms with Gasteiger partial charge >= 0.3 is 6.03 Å². The zero-order valence-electron chi connectivity index (χ0n) is 9.88. The molecule has 0 aliphatic carbocycles. The average molecular weight is 213 g/mol. The van der Waals surface area contributed by atoms with Crippen molar-refractivity contribution in [3.05, 3.63) is 0 Å². The Kier molecular flexibility index (Phi) is 4.39. The summed E-state index contributed by atoms with van der Waals surface area (Å²) in [6, 6.07) is 0.0744. The van der Waals surface area contributed by atoms with Crippen molar-refractivity contribution in [3.8, 4) is 0 Å². The molecule has 88 valence electrons. The summed E-state index contributed by atoms with van der Waals surface area (Å²) >= 11 is 0. The lowest BCUT2D eigenvalue weighted by Gasteiger charge is -2.31. The number of carbonyl (C=O) groups excluding carboxylic acids is 1. The van der Waals surface area contributed by atoms with E-state index in [0.29, 0.717) is 6.54 Å². The van der Waals surface area contributed by atoms with Crippen LogP contribution in [0.2, 0.25) is 0 Å². The maximum Gasteiger partial charge on any atom is 0.317 e. The fourth-order valence-electron chi connectivity index (χ4n) is 1.90. The van der Waals surface area contributed by atoms with Crippen molar-refractivity contribution in [2.45, 2.75) is 45.1 Å². The smallest absolute Gasteiger partial charge is 0.317 e. The molecule has 4 heteroatoms. The molecule has 3 N–H and O–H groups in total. The fourth-order valence-corrected chi connectivity index (χ4v) is 1.90. The van der Waals surface area contributed by atoms with Crippen LogP contribution in [0.5, 0.6) is 0 Å². The highest BCUT2D eigenvalue weighted by atomic mass is 16.2. The van der Waals surface area contributed by atoms with Gasteiger partial charge in [-0.05, 0) is 39.2 Å². The number of rotatable bonds is 4. The Bertz CT molecular complexity index is 214. The van der Waals surface area contributed by atoms with Crippen LogP contribution in [0.25, 0.3) is 0 Å². The maximum atomic E-state index is 11.9. The fraction of sp³-hybridized carbons (Fsp3) is 0.909. The van der Waals surface area contributed by atoms with E-state index in [9.17, 15) is 4.79 Å². The first-order valence-corrected chi connectivity index (χ1v) is 5.88. The van der Waals surface area contributed by atoms with Crippen molar-refractivity contribution in [1.29, 1.82) is 0 Å². The Morgan fingerprint density at radius 3 is 2.53 bits per heavy atom. The molecule has 1 aliphatic heterocycles. The number of hydrogen-bond acceptors (Lipinski definition) is 2. The molecule has 15 heavy (non-hydrogen) atoms. The molecule has 1 atom stereocenters. The van der Waals surface area contributed by atoms with Crippen LogP contribution in [0.1, 0.15) is 39.5 Å². The van der Waals surface area contributed by atoms with Gasteiger partial charge in [0, 0.05) is 18.6 Å². The predicted molar refractivity (Wildman–Crippen MR) is 61.7 cm³/mol. The van der Waals surface area contributed by atoms with E-state index >= 15 is 0 Å². The maximum absolute atomic E-state index is 11.9. The number of nitrogens with one attached hydrogen (secondary N) is 1. The van der Waals surface area contributed by atoms with Gasteiger partial charge in [0.1, 0.15) is 0 Å². The lowest BCUT2D eigenvalue weighted by atomic mass is 9.95. The van der Waals surface area contributed by atoms with Gasteiger partial charge in [-0.25, -0.2) is 4.79 Å². The lowest BCUT2D eigenvalue weighted by Crippen LogP contribution is -2.51. The van der Waals surface area contributed by atoms with Crippen LogP contribution in [0, 0.1) is 0 Å². The third-order valence-corrected chi connectivity index (χ3v) is 3.28. The van der Waals surface area contributed by atoms with E-state index < -0.39 is 0 Å². The lowest BCUT2D eigenvalue weighted by molar-refractivity contribution is 0.192. The number of amides is 2. The Morgan fingerprint density at radius 2 is 2.07 bits per heavy atom. The summed E-state index contributed by atoms with van der Waals surface area (Å²) in [4.78, 5) is 13.8. The van der Waals surface area contributed by atoms with Crippen LogP contribution in [-0.2, 0) is 0 Å². The van der Waals surface area contributed by atoms with Gasteiger partial charge in [-0.2, -0.15) is 0 Å². The predicted octanol–water partition coefficient (Wildman–Crippen LogP) is 1.31. The van der Waals surface area contributed by atoms with E-state index in [1.807, 2.05) is 4.90 Å². The topological polar surface area (TPSA) is 58.4 Å². The summed E-state index contributed by atoms with van der Waals surface area (Å²) in [5.41, 5.74) is 5.41. The summed E-state index contributed by atoms with van der Waals surface area (Å²) in [6.45, 7) is 6.56. The number of hydrogen-bond donors (Lipinski definition) is 2. The molecule has 1 aliphatic rings. The van der Waals surface area contributed by atoms with E-state index in [1.165, 1.54) is 0 Å². The first-order chi connectivity index (χ1) is 7.11. The van der Waals surface area contributed by atoms with Gasteiger partial charge in [0.2, 0.25) is 0 Å². The Balaban J connectivity index is 2.46. The van der Waals surface area contributed by atoms with Crippen LogP contribution in [0.15, 0.2) is 0 Å². The number of nitrogens with two attached hydrogens (primary N) is 1. The molecule has 0 saturated carbocycles. The SMILES string of the molecule is CCC(C)(CCN)NC(=O)N1CCCC1. The minimum absolute atomic E-state index is 0.0744. The minimum atomic E-state index is -0.144. The second kappa shape index (κ2) is 5.35. The van der Waals surface area contributed by atoms with Gasteiger partial charge in [-0.3, -0.25) is 0 Å². The van der Waals surface area contributed by atoms with Gasteiger partial charge in [-0.15, -0.1) is 0 Å². The van der Waals surface area contributed by atoms with Crippen molar-refractivity contribution in [2.24, 2.45) is 5.73 Å². The molecule has 1 saturated heterocycles. The van der Waals surface area contributed by atoms with Crippen molar-refractivity contribution in [3.63, 3.8) is 0 Å². The van der Waals surface area contributed by atoms with Gasteiger partial charge in [0.25, 0.3) is 0 Å². The number of urea groups is 1. The largest absolute Gasteiger partial charge is 0.333 e. The van der Waals surface area contributed by atoms with E-state index in [0.717, 1.165) is 38.8 Å². The monoisotopic (exact) mass is 213 g/mol. The standard InChI is InChI=1S/C11H23N3O/c1-3-11(2,6-7-12)13-10(15)14-8-4-5-9-14/h3-9,12H2,1-2H3,(H,13,15). The molecular formula is C11H23N3O. The molecule has 1 fully saturated rings. The normalized spacial score (nSPS) is 20.1. The molecule has 0 radical (unpaired) electrons. The Morgan fingerprint density at radius 1 is 1.47 bits per heavy atom. The van der Waals surface area contributed by atoms with Crippen LogP contribution in [-0.4, -0.2) is 36.1 Å². The number of nitrogens with zero attached hydrogens (tertiary/aromatic N) is 1. The molecule has 4 nitrogen and oxygen atoms in total. The molecule has 0 aromatic rings. The van der Waals surface area contributed by atoms with Crippen molar-refractivity contribution in [1.82, 2.24) is 10.2 Å². The molecule has 0 spiro atoms. The van der Waals surface area contributed by atoms with Crippen molar-refractivity contribution in [2.75, 3.05) is 19.6 Å². The zero-order chi connectivity index (χ0) is 11.3. The molecule has 1 rings (SSSR count). The molecule has 0 aromatic heterocycles. The molecule has 1 heterocycles. The average Bonchev–Trinajstić information content (AvgIpc) is 2.71. The molecular weight excluding hydrogens is 190 g/mol. The summed E-state index contributed by atoms with van der Waals surface area (Å²) in [5, 5.41) is 3.09. The number of carbonyl (C=O) groups is 1. The van der Waals surface area contributed by atoms with E-state index in [2.05, 4.69) is 19.2 Å². The third-order valence-electron chi connectivity index (χ3n) is 3.28. The van der Waals surface area contributed by atoms with Gasteiger partial charge in [-0.1, -0.05) is 6.92 Å². The summed E-state index contributed by atoms with van der Waals surface area (Å²) < 4.78 is 0. The van der Waals surface area contributed by atoms with Crippen LogP contribution in [0.3, 0.4) is 0 Å². The summed E-state index contributed by atoms with van der Waals surface area (Å²) in [7, 11) is 0. The van der Waals surface area contributed by atoms with E-state index in [4.69, 9.17) is 5.73 Å². The second-order valence-corrected chi connectivity index (χ2v) is 4.58. The highest BCUT2D eigenvalue weighted by Crippen LogP contribution is 2.15. The molecule has 0 bridgehead atoms. The summed E-state index contributed by atoms with van der Waals surface area (Å²) in [5.74, 6) is 0. The highest BCUT2D eigenvalue weighted by Gasteiger charge is 2.27. The van der Waals surface area contributed by atoms with Crippen molar-refractivity contribution < 1.29 is 4.79 Å². The first kappa shape index (κ1) is 12.3. The van der Waals surface area contributed by atoms with Gasteiger partial charge < -0.3 is 16.0 Å². The Hall–Kier alpha value is -0.770. The molecule has 2 amide bonds. The Labute approximate surface area is 92.2 Å². The van der Waals surface area contributed by atoms with E-state index in [-0.39, 0.29) is 11.6 Å². The molecule has 1 unspecified atom stereocenters. The molecule has 0 aromatic carbocycles. The zero-order valence-corrected chi connectivity index (χ0v) is 9.88. The van der Waals surface area contributed by atoms with Gasteiger partial charge in [0.05, 0.1) is 0 Å². The quantitative estimate of drug-likeness (QED) is 0.739. The van der Waals surface area contributed by atoms with Crippen LogP contribution in [0.4, 0.5) is 4.79 Å². The van der Waals surface area contributed by atoms with Crippen LogP contribution < -0.4 is 11.1 Å². The van der Waals surface area contributed by atoms with Crippen LogP contribution >= 0.6 is 0 Å². The number of likely N-dealkylation sites (tertiary alicyclic amines) is 1. The minimum Gasteiger partial charge on any atom is -0.333 e. The summed E-state index contributed by atoms with van der Waals surface area (Å²) in [6.07, 6.45) is 4.02.